The van der Waals surface area contributed by atoms with E-state index >= 15 is 0 Å². The van der Waals surface area contributed by atoms with E-state index in [0.717, 1.165) is 10.5 Å². The van der Waals surface area contributed by atoms with E-state index in [1.807, 2.05) is 6.07 Å². The topological polar surface area (TPSA) is 110 Å². The number of fused-ring (bicyclic) bond motifs is 1. The fraction of sp³-hybridized carbons (Fsp3) is 0.0870. The Balaban J connectivity index is 1.33. The van der Waals surface area contributed by atoms with Crippen molar-refractivity contribution in [2.75, 3.05) is 0 Å². The molecule has 3 aromatic heterocycles. The molecular formula is C23H17N5O4. The molecule has 0 saturated heterocycles. The summed E-state index contributed by atoms with van der Waals surface area (Å²) >= 11 is 0. The molecule has 0 aliphatic carbocycles. The van der Waals surface area contributed by atoms with Crippen LogP contribution in [0.3, 0.4) is 0 Å². The van der Waals surface area contributed by atoms with E-state index in [-0.39, 0.29) is 35.7 Å². The van der Waals surface area contributed by atoms with E-state index in [1.54, 1.807) is 47.5 Å². The minimum Gasteiger partial charge on any atom is -0.467 e. The number of benzene rings is 1. The van der Waals surface area contributed by atoms with Gasteiger partial charge in [0.15, 0.2) is 5.82 Å². The monoisotopic (exact) mass is 427 g/mol. The standard InChI is InChI=1S/C23H17N5O4/c29-21(25-13-16-4-1-8-24-20(16)28-10-3-9-26-28)15-6-7-18-19(12-15)23(31)27(22(18)30)14-17-5-2-11-32-17/h1-12H,13-14H2,(H,25,29). The molecule has 1 aliphatic rings. The lowest BCUT2D eigenvalue weighted by Crippen LogP contribution is -2.28. The number of pyridine rings is 1. The van der Waals surface area contributed by atoms with Crippen LogP contribution in [-0.2, 0) is 13.1 Å². The lowest BCUT2D eigenvalue weighted by Gasteiger charge is -2.11. The number of furan rings is 1. The van der Waals surface area contributed by atoms with Crippen molar-refractivity contribution in [1.29, 1.82) is 0 Å². The van der Waals surface area contributed by atoms with Crippen molar-refractivity contribution in [2.45, 2.75) is 13.1 Å². The zero-order valence-corrected chi connectivity index (χ0v) is 16.8. The van der Waals surface area contributed by atoms with Gasteiger partial charge in [-0.05, 0) is 42.5 Å². The van der Waals surface area contributed by atoms with Gasteiger partial charge in [-0.25, -0.2) is 9.67 Å². The SMILES string of the molecule is O=C(NCc1cccnc1-n1cccn1)c1ccc2c(c1)C(=O)N(Cc1ccco1)C2=O. The molecular weight excluding hydrogens is 410 g/mol. The molecule has 158 valence electrons. The van der Waals surface area contributed by atoms with E-state index in [9.17, 15) is 14.4 Å². The van der Waals surface area contributed by atoms with Crippen LogP contribution in [0, 0.1) is 0 Å². The number of rotatable bonds is 6. The minimum atomic E-state index is -0.454. The van der Waals surface area contributed by atoms with Gasteiger partial charge in [0.1, 0.15) is 5.76 Å². The third-order valence-corrected chi connectivity index (χ3v) is 5.16. The zero-order valence-electron chi connectivity index (χ0n) is 16.8. The van der Waals surface area contributed by atoms with Gasteiger partial charge >= 0.3 is 0 Å². The predicted molar refractivity (Wildman–Crippen MR) is 112 cm³/mol. The van der Waals surface area contributed by atoms with Crippen LogP contribution in [0.25, 0.3) is 5.82 Å². The number of hydrogen-bond acceptors (Lipinski definition) is 6. The summed E-state index contributed by atoms with van der Waals surface area (Å²) in [5.41, 5.74) is 1.54. The molecule has 1 aromatic carbocycles. The number of imide groups is 1. The molecule has 4 heterocycles. The van der Waals surface area contributed by atoms with Gasteiger partial charge in [-0.1, -0.05) is 6.07 Å². The molecule has 0 unspecified atom stereocenters. The second kappa shape index (κ2) is 7.95. The van der Waals surface area contributed by atoms with Crippen LogP contribution in [-0.4, -0.2) is 37.4 Å². The molecule has 32 heavy (non-hydrogen) atoms. The molecule has 0 radical (unpaired) electrons. The van der Waals surface area contributed by atoms with E-state index in [4.69, 9.17) is 4.42 Å². The largest absolute Gasteiger partial charge is 0.467 e. The second-order valence-corrected chi connectivity index (χ2v) is 7.16. The van der Waals surface area contributed by atoms with Crippen molar-refractivity contribution in [3.63, 3.8) is 0 Å². The third-order valence-electron chi connectivity index (χ3n) is 5.16. The Bertz CT molecular complexity index is 1310. The van der Waals surface area contributed by atoms with E-state index in [1.165, 1.54) is 24.5 Å². The summed E-state index contributed by atoms with van der Waals surface area (Å²) in [6.45, 7) is 0.258. The van der Waals surface area contributed by atoms with Crippen LogP contribution < -0.4 is 5.32 Å². The number of carbonyl (C=O) groups excluding carboxylic acids is 3. The third kappa shape index (κ3) is 3.45. The van der Waals surface area contributed by atoms with Gasteiger partial charge in [0.05, 0.1) is 23.9 Å². The fourth-order valence-electron chi connectivity index (χ4n) is 3.58. The highest BCUT2D eigenvalue weighted by atomic mass is 16.3. The van der Waals surface area contributed by atoms with Gasteiger partial charge in [0.2, 0.25) is 0 Å². The molecule has 5 rings (SSSR count). The quantitative estimate of drug-likeness (QED) is 0.474. The van der Waals surface area contributed by atoms with Crippen molar-refractivity contribution >= 4 is 17.7 Å². The average molecular weight is 427 g/mol. The molecule has 0 fully saturated rings. The first-order valence-electron chi connectivity index (χ1n) is 9.86. The lowest BCUT2D eigenvalue weighted by molar-refractivity contribution is 0.0631. The Hall–Kier alpha value is -4.53. The number of nitrogens with zero attached hydrogens (tertiary/aromatic N) is 4. The number of nitrogens with one attached hydrogen (secondary N) is 1. The van der Waals surface area contributed by atoms with Crippen LogP contribution in [0.15, 0.2) is 77.8 Å². The van der Waals surface area contributed by atoms with E-state index in [0.29, 0.717) is 11.6 Å². The van der Waals surface area contributed by atoms with Crippen LogP contribution in [0.5, 0.6) is 0 Å². The Morgan fingerprint density at radius 3 is 2.66 bits per heavy atom. The van der Waals surface area contributed by atoms with Crippen LogP contribution in [0.4, 0.5) is 0 Å². The van der Waals surface area contributed by atoms with E-state index < -0.39 is 11.8 Å². The lowest BCUT2D eigenvalue weighted by atomic mass is 10.1. The van der Waals surface area contributed by atoms with Crippen molar-refractivity contribution < 1.29 is 18.8 Å². The van der Waals surface area contributed by atoms with Crippen molar-refractivity contribution in [1.82, 2.24) is 25.0 Å². The highest BCUT2D eigenvalue weighted by Crippen LogP contribution is 2.26. The number of aromatic nitrogens is 3. The van der Waals surface area contributed by atoms with Crippen LogP contribution in [0.1, 0.15) is 42.4 Å². The summed E-state index contributed by atoms with van der Waals surface area (Å²) in [5, 5.41) is 7.02. The molecule has 0 atom stereocenters. The Labute approximate surface area is 182 Å². The summed E-state index contributed by atoms with van der Waals surface area (Å²) in [4.78, 5) is 43.6. The van der Waals surface area contributed by atoms with Crippen molar-refractivity contribution in [2.24, 2.45) is 0 Å². The summed E-state index contributed by atoms with van der Waals surface area (Å²) in [7, 11) is 0. The molecule has 0 bridgehead atoms. The average Bonchev–Trinajstić information content (AvgIpc) is 3.58. The fourth-order valence-corrected chi connectivity index (χ4v) is 3.58. The Kier molecular flexibility index (Phi) is 4.83. The Morgan fingerprint density at radius 2 is 1.88 bits per heavy atom. The van der Waals surface area contributed by atoms with Gasteiger partial charge in [0.25, 0.3) is 17.7 Å². The second-order valence-electron chi connectivity index (χ2n) is 7.16. The maximum absolute atomic E-state index is 12.8. The van der Waals surface area contributed by atoms with Gasteiger partial charge < -0.3 is 9.73 Å². The molecule has 0 spiro atoms. The predicted octanol–water partition coefficient (Wildman–Crippen LogP) is 2.59. The molecule has 0 saturated carbocycles. The highest BCUT2D eigenvalue weighted by Gasteiger charge is 2.36. The van der Waals surface area contributed by atoms with Crippen molar-refractivity contribution in [3.05, 3.63) is 101 Å². The number of amides is 3. The highest BCUT2D eigenvalue weighted by molar-refractivity contribution is 6.22. The zero-order chi connectivity index (χ0) is 22.1. The summed E-state index contributed by atoms with van der Waals surface area (Å²) < 4.78 is 6.86. The first-order valence-corrected chi connectivity index (χ1v) is 9.86. The molecule has 9 nitrogen and oxygen atoms in total. The molecule has 1 aliphatic heterocycles. The van der Waals surface area contributed by atoms with E-state index in [2.05, 4.69) is 15.4 Å². The van der Waals surface area contributed by atoms with Crippen LogP contribution >= 0.6 is 0 Å². The first-order chi connectivity index (χ1) is 15.6. The minimum absolute atomic E-state index is 0.0398. The van der Waals surface area contributed by atoms with Gasteiger partial charge in [0, 0.05) is 36.3 Å². The number of carbonyl (C=O) groups is 3. The van der Waals surface area contributed by atoms with Crippen LogP contribution in [0.2, 0.25) is 0 Å². The molecule has 3 amide bonds. The summed E-state index contributed by atoms with van der Waals surface area (Å²) in [5.74, 6) is -0.118. The normalized spacial score (nSPS) is 12.8. The Morgan fingerprint density at radius 1 is 1.00 bits per heavy atom. The summed E-state index contributed by atoms with van der Waals surface area (Å²) in [6, 6.07) is 13.3. The van der Waals surface area contributed by atoms with Gasteiger partial charge in [-0.2, -0.15) is 5.10 Å². The maximum atomic E-state index is 12.8. The molecule has 9 heteroatoms. The summed E-state index contributed by atoms with van der Waals surface area (Å²) in [6.07, 6.45) is 6.55. The maximum Gasteiger partial charge on any atom is 0.261 e. The molecule has 1 N–H and O–H groups in total. The van der Waals surface area contributed by atoms with Gasteiger partial charge in [-0.15, -0.1) is 0 Å². The van der Waals surface area contributed by atoms with Gasteiger partial charge in [-0.3, -0.25) is 19.3 Å². The smallest absolute Gasteiger partial charge is 0.261 e. The number of hydrogen-bond donors (Lipinski definition) is 1. The molecule has 4 aromatic rings. The first kappa shape index (κ1) is 19.4. The van der Waals surface area contributed by atoms with Crippen molar-refractivity contribution in [3.8, 4) is 5.82 Å².